The highest BCUT2D eigenvalue weighted by Gasteiger charge is 2.43. The fraction of sp³-hybridized carbons (Fsp3) is 0.556. The summed E-state index contributed by atoms with van der Waals surface area (Å²) >= 11 is 0. The molecule has 0 heterocycles. The molecule has 0 aliphatic heterocycles. The number of nitrogens with zero attached hydrogens (tertiary/aromatic N) is 1. The molecule has 0 radical (unpaired) electrons. The zero-order valence-electron chi connectivity index (χ0n) is 14.4. The van der Waals surface area contributed by atoms with Crippen LogP contribution in [0.1, 0.15) is 30.9 Å². The second kappa shape index (κ2) is 7.01. The van der Waals surface area contributed by atoms with E-state index in [1.807, 2.05) is 33.0 Å². The number of quaternary nitrogens is 1. The highest BCUT2D eigenvalue weighted by Crippen LogP contribution is 2.39. The Morgan fingerprint density at radius 3 is 2.78 bits per heavy atom. The Labute approximate surface area is 138 Å². The summed E-state index contributed by atoms with van der Waals surface area (Å²) in [5, 5.41) is 12.2. The van der Waals surface area contributed by atoms with E-state index < -0.39 is 5.54 Å². The minimum absolute atomic E-state index is 0.0786. The van der Waals surface area contributed by atoms with Gasteiger partial charge < -0.3 is 15.0 Å². The molecule has 1 aliphatic carbocycles. The Morgan fingerprint density at radius 1 is 1.52 bits per heavy atom. The Hall–Kier alpha value is -2.06. The summed E-state index contributed by atoms with van der Waals surface area (Å²) < 4.78 is 5.39. The van der Waals surface area contributed by atoms with Crippen molar-refractivity contribution in [3.63, 3.8) is 0 Å². The molecule has 23 heavy (non-hydrogen) atoms. The Morgan fingerprint density at radius 2 is 2.22 bits per heavy atom. The lowest BCUT2D eigenvalue weighted by atomic mass is 9.98. The molecule has 0 aromatic heterocycles. The highest BCUT2D eigenvalue weighted by atomic mass is 16.5. The first-order valence-electron chi connectivity index (χ1n) is 8.05. The minimum Gasteiger partial charge on any atom is -0.496 e. The predicted octanol–water partition coefficient (Wildman–Crippen LogP) is 0.827. The number of nitrogens with one attached hydrogen (secondary N) is 2. The zero-order valence-corrected chi connectivity index (χ0v) is 14.4. The average Bonchev–Trinajstić information content (AvgIpc) is 3.32. The van der Waals surface area contributed by atoms with E-state index in [0.29, 0.717) is 19.0 Å². The van der Waals surface area contributed by atoms with Crippen molar-refractivity contribution < 1.29 is 14.4 Å². The number of hydrogen-bond acceptors (Lipinski definition) is 3. The number of aryl methyl sites for hydroxylation is 1. The number of carbonyl (C=O) groups excluding carboxylic acids is 1. The fourth-order valence-electron chi connectivity index (χ4n) is 2.92. The largest absolute Gasteiger partial charge is 0.496 e. The smallest absolute Gasteiger partial charge is 0.276 e. The van der Waals surface area contributed by atoms with Gasteiger partial charge in [0.1, 0.15) is 17.8 Å². The van der Waals surface area contributed by atoms with E-state index in [1.54, 1.807) is 7.11 Å². The number of likely N-dealkylation sites (N-methyl/N-ethyl adjacent to an activating group) is 1. The topological polar surface area (TPSA) is 66.6 Å². The maximum Gasteiger partial charge on any atom is 0.276 e. The third kappa shape index (κ3) is 4.46. The number of methoxy groups -OCH3 is 1. The van der Waals surface area contributed by atoms with Gasteiger partial charge in [-0.25, -0.2) is 0 Å². The molecule has 0 saturated heterocycles. The normalized spacial score (nSPS) is 17.7. The van der Waals surface area contributed by atoms with E-state index in [4.69, 9.17) is 4.74 Å². The molecule has 0 spiro atoms. The van der Waals surface area contributed by atoms with Crippen LogP contribution in [0.4, 0.5) is 0 Å². The summed E-state index contributed by atoms with van der Waals surface area (Å²) in [7, 11) is 3.63. The van der Waals surface area contributed by atoms with E-state index in [2.05, 4.69) is 17.5 Å². The first kappa shape index (κ1) is 17.3. The molecule has 5 heteroatoms. The maximum absolute atomic E-state index is 12.3. The minimum atomic E-state index is -0.724. The van der Waals surface area contributed by atoms with E-state index in [0.717, 1.165) is 29.1 Å². The third-order valence-corrected chi connectivity index (χ3v) is 4.42. The Balaban J connectivity index is 1.94. The number of nitriles is 1. The number of benzene rings is 1. The van der Waals surface area contributed by atoms with Crippen molar-refractivity contribution in [2.75, 3.05) is 20.7 Å². The van der Waals surface area contributed by atoms with Gasteiger partial charge in [0, 0.05) is 5.56 Å². The molecule has 1 saturated carbocycles. The monoisotopic (exact) mass is 316 g/mol. The number of carbonyl (C=O) groups is 1. The van der Waals surface area contributed by atoms with Gasteiger partial charge >= 0.3 is 0 Å². The van der Waals surface area contributed by atoms with Gasteiger partial charge in [-0.3, -0.25) is 4.79 Å². The molecule has 1 aromatic rings. The average molecular weight is 316 g/mol. The molecule has 1 fully saturated rings. The van der Waals surface area contributed by atoms with Crippen molar-refractivity contribution in [2.24, 2.45) is 5.92 Å². The lowest BCUT2D eigenvalue weighted by Gasteiger charge is -2.24. The lowest BCUT2D eigenvalue weighted by Crippen LogP contribution is -3.09. The van der Waals surface area contributed by atoms with E-state index in [9.17, 15) is 10.1 Å². The summed E-state index contributed by atoms with van der Waals surface area (Å²) in [6.07, 6.45) is 2.04. The molecule has 1 unspecified atom stereocenters. The summed E-state index contributed by atoms with van der Waals surface area (Å²) in [6, 6.07) is 8.31. The van der Waals surface area contributed by atoms with E-state index >= 15 is 0 Å². The summed E-state index contributed by atoms with van der Waals surface area (Å²) in [5.41, 5.74) is 1.53. The first-order valence-corrected chi connectivity index (χ1v) is 8.05. The lowest BCUT2D eigenvalue weighted by molar-refractivity contribution is -0.885. The summed E-state index contributed by atoms with van der Waals surface area (Å²) in [5.74, 6) is 1.06. The quantitative estimate of drug-likeness (QED) is 0.783. The molecule has 2 atom stereocenters. The van der Waals surface area contributed by atoms with Crippen molar-refractivity contribution >= 4 is 5.91 Å². The van der Waals surface area contributed by atoms with E-state index in [-0.39, 0.29) is 5.91 Å². The van der Waals surface area contributed by atoms with Crippen LogP contribution in [0.25, 0.3) is 0 Å². The standard InChI is InChI=1S/C18H25N3O2/c1-13-5-8-16(23-4)14(9-13)10-21(3)11-17(22)20-18(2,12-19)15-6-7-15/h5,8-9,15H,6-7,10-11H2,1-4H3,(H,20,22)/p+1/t18-/m1/s1. The maximum atomic E-state index is 12.3. The van der Waals surface area contributed by atoms with E-state index in [1.165, 1.54) is 5.56 Å². The van der Waals surface area contributed by atoms with Gasteiger partial charge in [0.15, 0.2) is 6.54 Å². The fourth-order valence-corrected chi connectivity index (χ4v) is 2.92. The van der Waals surface area contributed by atoms with Crippen LogP contribution in [-0.4, -0.2) is 32.1 Å². The van der Waals surface area contributed by atoms with Crippen LogP contribution in [-0.2, 0) is 11.3 Å². The van der Waals surface area contributed by atoms with Crippen LogP contribution in [0.2, 0.25) is 0 Å². The number of rotatable bonds is 7. The van der Waals surface area contributed by atoms with Crippen LogP contribution in [0.15, 0.2) is 18.2 Å². The number of hydrogen-bond donors (Lipinski definition) is 2. The number of amides is 1. The Bertz CT molecular complexity index is 619. The number of ether oxygens (including phenoxy) is 1. The predicted molar refractivity (Wildman–Crippen MR) is 88.1 cm³/mol. The van der Waals surface area contributed by atoms with Gasteiger partial charge in [0.2, 0.25) is 0 Å². The summed E-state index contributed by atoms with van der Waals surface area (Å²) in [4.78, 5) is 13.3. The molecule has 2 rings (SSSR count). The van der Waals surface area contributed by atoms with Gasteiger partial charge in [0.25, 0.3) is 5.91 Å². The van der Waals surface area contributed by atoms with Crippen molar-refractivity contribution in [2.45, 2.75) is 38.8 Å². The van der Waals surface area contributed by atoms with Gasteiger partial charge in [0.05, 0.1) is 20.2 Å². The molecule has 1 aromatic carbocycles. The zero-order chi connectivity index (χ0) is 17.0. The van der Waals surface area contributed by atoms with Gasteiger partial charge in [-0.2, -0.15) is 5.26 Å². The molecular formula is C18H26N3O2+. The van der Waals surface area contributed by atoms with Gasteiger partial charge in [-0.15, -0.1) is 0 Å². The second-order valence-electron chi connectivity index (χ2n) is 6.76. The van der Waals surface area contributed by atoms with Gasteiger partial charge in [-0.05, 0) is 44.7 Å². The first-order chi connectivity index (χ1) is 10.9. The van der Waals surface area contributed by atoms with Crippen LogP contribution < -0.4 is 15.0 Å². The van der Waals surface area contributed by atoms with Crippen molar-refractivity contribution in [3.05, 3.63) is 29.3 Å². The second-order valence-corrected chi connectivity index (χ2v) is 6.76. The highest BCUT2D eigenvalue weighted by molar-refractivity contribution is 5.78. The third-order valence-electron chi connectivity index (χ3n) is 4.42. The molecule has 1 aliphatic rings. The van der Waals surface area contributed by atoms with Crippen molar-refractivity contribution in [3.8, 4) is 11.8 Å². The van der Waals surface area contributed by atoms with Crippen LogP contribution in [0.3, 0.4) is 0 Å². The van der Waals surface area contributed by atoms with Crippen LogP contribution >= 0.6 is 0 Å². The van der Waals surface area contributed by atoms with Crippen LogP contribution in [0.5, 0.6) is 5.75 Å². The van der Waals surface area contributed by atoms with Crippen molar-refractivity contribution in [1.29, 1.82) is 5.26 Å². The Kier molecular flexibility index (Phi) is 5.27. The van der Waals surface area contributed by atoms with Gasteiger partial charge in [-0.1, -0.05) is 11.6 Å². The van der Waals surface area contributed by atoms with Crippen LogP contribution in [0, 0.1) is 24.2 Å². The molecule has 2 N–H and O–H groups in total. The summed E-state index contributed by atoms with van der Waals surface area (Å²) in [6.45, 7) is 4.90. The molecule has 124 valence electrons. The molecule has 0 bridgehead atoms. The molecule has 1 amide bonds. The SMILES string of the molecule is COc1ccc(C)cc1C[NH+](C)CC(=O)N[C@](C)(C#N)C1CC1. The molecule has 5 nitrogen and oxygen atoms in total. The van der Waals surface area contributed by atoms with Crippen molar-refractivity contribution in [1.82, 2.24) is 5.32 Å². The molecular weight excluding hydrogens is 290 g/mol.